The molecule has 2 aromatic carbocycles. The molecular formula is C22H19ClN4O. The number of amides is 1. The molecule has 0 aliphatic rings. The highest BCUT2D eigenvalue weighted by atomic mass is 35.5. The lowest BCUT2D eigenvalue weighted by Gasteiger charge is -2.11. The van der Waals surface area contributed by atoms with Crippen molar-refractivity contribution in [2.45, 2.75) is 19.9 Å². The molecule has 0 aliphatic carbocycles. The summed E-state index contributed by atoms with van der Waals surface area (Å²) in [5.74, 6) is -0.210. The molecule has 0 aliphatic heterocycles. The van der Waals surface area contributed by atoms with Crippen LogP contribution >= 0.6 is 11.6 Å². The zero-order valence-corrected chi connectivity index (χ0v) is 16.3. The maximum Gasteiger partial charge on any atom is 0.270 e. The van der Waals surface area contributed by atoms with Gasteiger partial charge < -0.3 is 5.32 Å². The first-order valence-corrected chi connectivity index (χ1v) is 9.43. The number of aromatic nitrogens is 3. The van der Waals surface area contributed by atoms with Gasteiger partial charge in [0.1, 0.15) is 5.69 Å². The standard InChI is InChI=1S/C22H19ClN4O/c1-14(2)24-22(28)20-12-19(16-10-6-7-11-17(16)23)25-21-13-18(26-27(20)21)15-8-4-3-5-9-15/h3-14H,1-2H3,(H,24,28). The number of carbonyl (C=O) groups excluding carboxylic acids is 1. The van der Waals surface area contributed by atoms with E-state index in [2.05, 4.69) is 10.4 Å². The van der Waals surface area contributed by atoms with Crippen LogP contribution in [0.4, 0.5) is 0 Å². The van der Waals surface area contributed by atoms with E-state index < -0.39 is 0 Å². The zero-order chi connectivity index (χ0) is 19.7. The Bertz CT molecular complexity index is 1150. The Morgan fingerprint density at radius 2 is 1.71 bits per heavy atom. The minimum absolute atomic E-state index is 0.00337. The molecule has 140 valence electrons. The van der Waals surface area contributed by atoms with Crippen molar-refractivity contribution in [2.24, 2.45) is 0 Å². The van der Waals surface area contributed by atoms with E-state index in [9.17, 15) is 4.79 Å². The average molecular weight is 391 g/mol. The molecule has 4 rings (SSSR count). The van der Waals surface area contributed by atoms with Gasteiger partial charge in [0, 0.05) is 28.3 Å². The van der Waals surface area contributed by atoms with Crippen molar-refractivity contribution < 1.29 is 4.79 Å². The van der Waals surface area contributed by atoms with Gasteiger partial charge in [-0.05, 0) is 26.0 Å². The third kappa shape index (κ3) is 3.49. The number of halogens is 1. The smallest absolute Gasteiger partial charge is 0.270 e. The third-order valence-electron chi connectivity index (χ3n) is 4.30. The first-order valence-electron chi connectivity index (χ1n) is 9.05. The molecule has 0 spiro atoms. The van der Waals surface area contributed by atoms with E-state index in [0.717, 1.165) is 16.8 Å². The number of rotatable bonds is 4. The normalized spacial score (nSPS) is 11.1. The lowest BCUT2D eigenvalue weighted by atomic mass is 10.1. The molecule has 0 atom stereocenters. The fourth-order valence-electron chi connectivity index (χ4n) is 3.03. The predicted octanol–water partition coefficient (Wildman–Crippen LogP) is 4.85. The summed E-state index contributed by atoms with van der Waals surface area (Å²) in [6, 6.07) is 20.9. The number of carbonyl (C=O) groups is 1. The number of hydrogen-bond acceptors (Lipinski definition) is 3. The molecule has 6 heteroatoms. The summed E-state index contributed by atoms with van der Waals surface area (Å²) in [7, 11) is 0. The lowest BCUT2D eigenvalue weighted by molar-refractivity contribution is 0.0935. The number of benzene rings is 2. The summed E-state index contributed by atoms with van der Waals surface area (Å²) < 4.78 is 1.58. The molecule has 1 N–H and O–H groups in total. The van der Waals surface area contributed by atoms with Crippen LogP contribution < -0.4 is 5.32 Å². The van der Waals surface area contributed by atoms with Crippen LogP contribution in [-0.4, -0.2) is 26.5 Å². The minimum atomic E-state index is -0.210. The van der Waals surface area contributed by atoms with Crippen LogP contribution in [-0.2, 0) is 0 Å². The van der Waals surface area contributed by atoms with Crippen molar-refractivity contribution in [3.63, 3.8) is 0 Å². The van der Waals surface area contributed by atoms with Crippen LogP contribution in [0.3, 0.4) is 0 Å². The largest absolute Gasteiger partial charge is 0.349 e. The van der Waals surface area contributed by atoms with Gasteiger partial charge in [0.05, 0.1) is 11.4 Å². The number of hydrogen-bond donors (Lipinski definition) is 1. The van der Waals surface area contributed by atoms with Crippen LogP contribution in [0.1, 0.15) is 24.3 Å². The molecule has 0 unspecified atom stereocenters. The van der Waals surface area contributed by atoms with Crippen LogP contribution in [0.2, 0.25) is 5.02 Å². The van der Waals surface area contributed by atoms with E-state index in [1.54, 1.807) is 10.6 Å². The highest BCUT2D eigenvalue weighted by molar-refractivity contribution is 6.33. The van der Waals surface area contributed by atoms with E-state index in [1.807, 2.05) is 74.5 Å². The van der Waals surface area contributed by atoms with Gasteiger partial charge in [-0.3, -0.25) is 4.79 Å². The van der Waals surface area contributed by atoms with Crippen molar-refractivity contribution in [1.82, 2.24) is 19.9 Å². The Hall–Kier alpha value is -3.18. The Kier molecular flexibility index (Phi) is 4.84. The van der Waals surface area contributed by atoms with Gasteiger partial charge in [0.15, 0.2) is 5.65 Å². The van der Waals surface area contributed by atoms with Crippen molar-refractivity contribution >= 4 is 23.2 Å². The van der Waals surface area contributed by atoms with E-state index in [0.29, 0.717) is 22.1 Å². The van der Waals surface area contributed by atoms with Crippen molar-refractivity contribution in [1.29, 1.82) is 0 Å². The number of nitrogens with zero attached hydrogens (tertiary/aromatic N) is 3. The van der Waals surface area contributed by atoms with Crippen LogP contribution in [0.5, 0.6) is 0 Å². The summed E-state index contributed by atoms with van der Waals surface area (Å²) in [6.45, 7) is 3.84. The molecule has 0 radical (unpaired) electrons. The second-order valence-electron chi connectivity index (χ2n) is 6.80. The van der Waals surface area contributed by atoms with Crippen LogP contribution in [0.25, 0.3) is 28.2 Å². The SMILES string of the molecule is CC(C)NC(=O)c1cc(-c2ccccc2Cl)nc2cc(-c3ccccc3)nn12. The monoisotopic (exact) mass is 390 g/mol. The predicted molar refractivity (Wildman–Crippen MR) is 111 cm³/mol. The van der Waals surface area contributed by atoms with Gasteiger partial charge in [-0.25, -0.2) is 9.50 Å². The van der Waals surface area contributed by atoms with Crippen LogP contribution in [0.15, 0.2) is 66.7 Å². The van der Waals surface area contributed by atoms with Gasteiger partial charge in [0.2, 0.25) is 0 Å². The summed E-state index contributed by atoms with van der Waals surface area (Å²) in [5.41, 5.74) is 4.12. The minimum Gasteiger partial charge on any atom is -0.349 e. The lowest BCUT2D eigenvalue weighted by Crippen LogP contribution is -2.31. The maximum absolute atomic E-state index is 12.9. The van der Waals surface area contributed by atoms with Crippen molar-refractivity contribution in [3.05, 3.63) is 77.4 Å². The summed E-state index contributed by atoms with van der Waals surface area (Å²) >= 11 is 6.36. The topological polar surface area (TPSA) is 59.3 Å². The molecule has 0 bridgehead atoms. The van der Waals surface area contributed by atoms with E-state index in [1.165, 1.54) is 0 Å². The maximum atomic E-state index is 12.9. The molecule has 2 heterocycles. The number of fused-ring (bicyclic) bond motifs is 1. The average Bonchev–Trinajstić information content (AvgIpc) is 3.12. The zero-order valence-electron chi connectivity index (χ0n) is 15.6. The molecule has 1 amide bonds. The summed E-state index contributed by atoms with van der Waals surface area (Å²) in [6.07, 6.45) is 0. The summed E-state index contributed by atoms with van der Waals surface area (Å²) in [5, 5.41) is 8.14. The quantitative estimate of drug-likeness (QED) is 0.541. The molecule has 0 saturated heterocycles. The van der Waals surface area contributed by atoms with Gasteiger partial charge in [0.25, 0.3) is 5.91 Å². The second kappa shape index (κ2) is 7.44. The second-order valence-corrected chi connectivity index (χ2v) is 7.21. The molecular weight excluding hydrogens is 372 g/mol. The highest BCUT2D eigenvalue weighted by Gasteiger charge is 2.18. The summed E-state index contributed by atoms with van der Waals surface area (Å²) in [4.78, 5) is 17.6. The Morgan fingerprint density at radius 1 is 1.00 bits per heavy atom. The molecule has 4 aromatic rings. The number of nitrogens with one attached hydrogen (secondary N) is 1. The van der Waals surface area contributed by atoms with E-state index in [4.69, 9.17) is 16.6 Å². The third-order valence-corrected chi connectivity index (χ3v) is 4.63. The van der Waals surface area contributed by atoms with E-state index >= 15 is 0 Å². The van der Waals surface area contributed by atoms with Gasteiger partial charge >= 0.3 is 0 Å². The Balaban J connectivity index is 1.93. The van der Waals surface area contributed by atoms with Gasteiger partial charge in [-0.15, -0.1) is 0 Å². The molecule has 28 heavy (non-hydrogen) atoms. The Morgan fingerprint density at radius 3 is 2.43 bits per heavy atom. The van der Waals surface area contributed by atoms with E-state index in [-0.39, 0.29) is 11.9 Å². The fraction of sp³-hybridized carbons (Fsp3) is 0.136. The van der Waals surface area contributed by atoms with Crippen LogP contribution in [0, 0.1) is 0 Å². The molecule has 0 fully saturated rings. The van der Waals surface area contributed by atoms with Crippen molar-refractivity contribution in [2.75, 3.05) is 0 Å². The molecule has 0 saturated carbocycles. The van der Waals surface area contributed by atoms with Gasteiger partial charge in [-0.2, -0.15) is 5.10 Å². The molecule has 2 aromatic heterocycles. The highest BCUT2D eigenvalue weighted by Crippen LogP contribution is 2.28. The molecule has 5 nitrogen and oxygen atoms in total. The fourth-order valence-corrected chi connectivity index (χ4v) is 3.26. The van der Waals surface area contributed by atoms with Crippen molar-refractivity contribution in [3.8, 4) is 22.5 Å². The first-order chi connectivity index (χ1) is 13.5. The first kappa shape index (κ1) is 18.2. The van der Waals surface area contributed by atoms with Gasteiger partial charge in [-0.1, -0.05) is 60.1 Å². The Labute approximate surface area is 168 Å².